The summed E-state index contributed by atoms with van der Waals surface area (Å²) in [5.41, 5.74) is 0.515. The van der Waals surface area contributed by atoms with Gasteiger partial charge in [-0.05, 0) is 46.3 Å². The van der Waals surface area contributed by atoms with Crippen LogP contribution in [0, 0.1) is 0 Å². The Hall–Kier alpha value is -1.23. The number of methoxy groups -OCH3 is 1. The third kappa shape index (κ3) is 4.13. The molecule has 0 aromatic heterocycles. The van der Waals surface area contributed by atoms with Gasteiger partial charge >= 0.3 is 0 Å². The van der Waals surface area contributed by atoms with Crippen LogP contribution in [-0.2, 0) is 0 Å². The summed E-state index contributed by atoms with van der Waals surface area (Å²) in [6.45, 7) is -0.126. The highest BCUT2D eigenvalue weighted by Gasteiger charge is 2.11. The summed E-state index contributed by atoms with van der Waals surface area (Å²) >= 11 is 15.2. The van der Waals surface area contributed by atoms with E-state index in [2.05, 4.69) is 15.9 Å². The number of benzene rings is 2. The summed E-state index contributed by atoms with van der Waals surface area (Å²) in [6, 6.07) is 9.91. The lowest BCUT2D eigenvalue weighted by molar-refractivity contribution is 0.0921. The molecule has 0 unspecified atom stereocenters. The zero-order valence-electron chi connectivity index (χ0n) is 11.0. The first-order valence-electron chi connectivity index (χ1n) is 5.96. The molecular weight excluding hydrogens is 379 g/mol. The van der Waals surface area contributed by atoms with Crippen molar-refractivity contribution in [3.05, 3.63) is 56.5 Å². The molecule has 0 heterocycles. The molecule has 0 aliphatic heterocycles. The minimum Gasteiger partial charge on any atom is -0.496 e. The number of ketones is 1. The quantitative estimate of drug-likeness (QED) is 0.673. The van der Waals surface area contributed by atoms with Crippen molar-refractivity contribution < 1.29 is 14.3 Å². The molecule has 0 atom stereocenters. The van der Waals surface area contributed by atoms with Crippen LogP contribution in [0.2, 0.25) is 10.0 Å². The summed E-state index contributed by atoms with van der Waals surface area (Å²) in [5, 5.41) is 0.900. The van der Waals surface area contributed by atoms with Gasteiger partial charge in [-0.3, -0.25) is 4.79 Å². The van der Waals surface area contributed by atoms with Crippen LogP contribution in [-0.4, -0.2) is 19.5 Å². The summed E-state index contributed by atoms with van der Waals surface area (Å²) < 4.78 is 11.2. The molecule has 3 nitrogen and oxygen atoms in total. The summed E-state index contributed by atoms with van der Waals surface area (Å²) in [6.07, 6.45) is 0. The van der Waals surface area contributed by atoms with E-state index in [1.165, 1.54) is 0 Å². The number of carbonyl (C=O) groups excluding carboxylic acids is 1. The van der Waals surface area contributed by atoms with Gasteiger partial charge in [0.15, 0.2) is 12.4 Å². The van der Waals surface area contributed by atoms with Crippen molar-refractivity contribution in [2.45, 2.75) is 0 Å². The number of ether oxygens (including phenoxy) is 2. The third-order valence-electron chi connectivity index (χ3n) is 2.73. The minimum atomic E-state index is -0.172. The van der Waals surface area contributed by atoms with E-state index in [0.717, 1.165) is 0 Å². The molecule has 21 heavy (non-hydrogen) atoms. The maximum absolute atomic E-state index is 12.1. The molecule has 0 saturated heterocycles. The fourth-order valence-corrected chi connectivity index (χ4v) is 2.53. The van der Waals surface area contributed by atoms with Gasteiger partial charge in [0.1, 0.15) is 11.5 Å². The van der Waals surface area contributed by atoms with Crippen molar-refractivity contribution in [3.8, 4) is 11.5 Å². The van der Waals surface area contributed by atoms with Gasteiger partial charge in [0.25, 0.3) is 0 Å². The SMILES string of the molecule is COc1ccc(C(=O)COc2cc(Cl)ccc2Cl)cc1Br. The average molecular weight is 390 g/mol. The lowest BCUT2D eigenvalue weighted by Gasteiger charge is -2.09. The van der Waals surface area contributed by atoms with Crippen LogP contribution in [0.15, 0.2) is 40.9 Å². The van der Waals surface area contributed by atoms with E-state index in [0.29, 0.717) is 31.6 Å². The highest BCUT2D eigenvalue weighted by Crippen LogP contribution is 2.28. The predicted molar refractivity (Wildman–Crippen MR) is 87.0 cm³/mol. The maximum Gasteiger partial charge on any atom is 0.200 e. The highest BCUT2D eigenvalue weighted by atomic mass is 79.9. The third-order valence-corrected chi connectivity index (χ3v) is 3.89. The molecule has 0 spiro atoms. The number of rotatable bonds is 5. The van der Waals surface area contributed by atoms with Gasteiger partial charge in [0.2, 0.25) is 0 Å². The monoisotopic (exact) mass is 388 g/mol. The van der Waals surface area contributed by atoms with Crippen LogP contribution in [0.5, 0.6) is 11.5 Å². The van der Waals surface area contributed by atoms with Crippen molar-refractivity contribution in [3.63, 3.8) is 0 Å². The van der Waals surface area contributed by atoms with Crippen molar-refractivity contribution in [1.29, 1.82) is 0 Å². The van der Waals surface area contributed by atoms with Crippen molar-refractivity contribution in [2.24, 2.45) is 0 Å². The Morgan fingerprint density at radius 1 is 1.14 bits per heavy atom. The van der Waals surface area contributed by atoms with Crippen LogP contribution < -0.4 is 9.47 Å². The Morgan fingerprint density at radius 2 is 1.90 bits per heavy atom. The molecule has 0 saturated carbocycles. The van der Waals surface area contributed by atoms with Gasteiger partial charge in [0, 0.05) is 16.7 Å². The van der Waals surface area contributed by atoms with E-state index in [9.17, 15) is 4.79 Å². The molecule has 0 fully saturated rings. The van der Waals surface area contributed by atoms with E-state index in [-0.39, 0.29) is 12.4 Å². The summed E-state index contributed by atoms with van der Waals surface area (Å²) in [4.78, 5) is 12.1. The zero-order valence-corrected chi connectivity index (χ0v) is 14.1. The molecule has 0 aliphatic carbocycles. The van der Waals surface area contributed by atoms with Gasteiger partial charge in [-0.15, -0.1) is 0 Å². The van der Waals surface area contributed by atoms with Crippen LogP contribution in [0.4, 0.5) is 0 Å². The fourth-order valence-electron chi connectivity index (χ4n) is 1.65. The molecule has 0 radical (unpaired) electrons. The molecule has 0 bridgehead atoms. The van der Waals surface area contributed by atoms with Crippen LogP contribution in [0.1, 0.15) is 10.4 Å². The molecule has 110 valence electrons. The Kier molecular flexibility index (Phi) is 5.51. The Balaban J connectivity index is 2.08. The highest BCUT2D eigenvalue weighted by molar-refractivity contribution is 9.10. The zero-order chi connectivity index (χ0) is 15.4. The molecule has 2 aromatic rings. The lowest BCUT2D eigenvalue weighted by atomic mass is 10.1. The van der Waals surface area contributed by atoms with Gasteiger partial charge in [-0.25, -0.2) is 0 Å². The maximum atomic E-state index is 12.1. The van der Waals surface area contributed by atoms with Gasteiger partial charge in [-0.1, -0.05) is 23.2 Å². The molecular formula is C15H11BrCl2O3. The summed E-state index contributed by atoms with van der Waals surface area (Å²) in [7, 11) is 1.56. The van der Waals surface area contributed by atoms with Crippen LogP contribution in [0.25, 0.3) is 0 Å². The van der Waals surface area contributed by atoms with Crippen molar-refractivity contribution >= 4 is 44.9 Å². The molecule has 0 aliphatic rings. The minimum absolute atomic E-state index is 0.126. The van der Waals surface area contributed by atoms with Gasteiger partial charge < -0.3 is 9.47 Å². The second kappa shape index (κ2) is 7.16. The van der Waals surface area contributed by atoms with Crippen LogP contribution >= 0.6 is 39.1 Å². The smallest absolute Gasteiger partial charge is 0.200 e. The molecule has 6 heteroatoms. The number of hydrogen-bond acceptors (Lipinski definition) is 3. The number of Topliss-reactive ketones (excluding diaryl/α,β-unsaturated/α-hetero) is 1. The molecule has 2 aromatic carbocycles. The van der Waals surface area contributed by atoms with Gasteiger partial charge in [-0.2, -0.15) is 0 Å². The fraction of sp³-hybridized carbons (Fsp3) is 0.133. The number of halogens is 3. The van der Waals surface area contributed by atoms with Crippen molar-refractivity contribution in [1.82, 2.24) is 0 Å². The molecule has 0 amide bonds. The first-order valence-corrected chi connectivity index (χ1v) is 7.50. The van der Waals surface area contributed by atoms with E-state index < -0.39 is 0 Å². The number of carbonyl (C=O) groups is 1. The Morgan fingerprint density at radius 3 is 2.57 bits per heavy atom. The van der Waals surface area contributed by atoms with E-state index in [1.54, 1.807) is 43.5 Å². The topological polar surface area (TPSA) is 35.5 Å². The van der Waals surface area contributed by atoms with Crippen LogP contribution in [0.3, 0.4) is 0 Å². The first-order chi connectivity index (χ1) is 10.0. The van der Waals surface area contributed by atoms with E-state index in [4.69, 9.17) is 32.7 Å². The predicted octanol–water partition coefficient (Wildman–Crippen LogP) is 5.03. The average Bonchev–Trinajstić information content (AvgIpc) is 2.47. The Bertz CT molecular complexity index is 674. The molecule has 2 rings (SSSR count). The van der Waals surface area contributed by atoms with E-state index in [1.807, 2.05) is 0 Å². The van der Waals surface area contributed by atoms with Gasteiger partial charge in [0.05, 0.1) is 16.6 Å². The second-order valence-electron chi connectivity index (χ2n) is 4.14. The normalized spacial score (nSPS) is 10.3. The second-order valence-corrected chi connectivity index (χ2v) is 5.83. The largest absolute Gasteiger partial charge is 0.496 e. The number of hydrogen-bond donors (Lipinski definition) is 0. The van der Waals surface area contributed by atoms with Crippen molar-refractivity contribution in [2.75, 3.05) is 13.7 Å². The standard InChI is InChI=1S/C15H11BrCl2O3/c1-20-14-5-2-9(6-11(14)16)13(19)8-21-15-7-10(17)3-4-12(15)18/h2-7H,8H2,1H3. The Labute approximate surface area is 140 Å². The summed E-state index contributed by atoms with van der Waals surface area (Å²) in [5.74, 6) is 0.866. The first kappa shape index (κ1) is 16.1. The molecule has 0 N–H and O–H groups in total. The van der Waals surface area contributed by atoms with E-state index >= 15 is 0 Å². The lowest BCUT2D eigenvalue weighted by Crippen LogP contribution is -2.11.